The fourth-order valence-electron chi connectivity index (χ4n) is 1.91. The number of rotatable bonds is 1. The molecule has 1 aromatic heterocycles. The summed E-state index contributed by atoms with van der Waals surface area (Å²) in [5.74, 6) is 6.25. The lowest BCUT2D eigenvalue weighted by Crippen LogP contribution is -2.51. The van der Waals surface area contributed by atoms with Gasteiger partial charge in [-0.3, -0.25) is 10.6 Å². The largest absolute Gasteiger partial charge is 0.335 e. The van der Waals surface area contributed by atoms with Crippen LogP contribution in [0.3, 0.4) is 0 Å². The number of amides is 1. The van der Waals surface area contributed by atoms with E-state index in [-0.39, 0.29) is 5.91 Å². The Kier molecular flexibility index (Phi) is 3.35. The van der Waals surface area contributed by atoms with Crippen molar-refractivity contribution < 1.29 is 4.79 Å². The Morgan fingerprint density at radius 3 is 2.47 bits per heavy atom. The van der Waals surface area contributed by atoms with Gasteiger partial charge in [-0.1, -0.05) is 0 Å². The quantitative estimate of drug-likeness (QED) is 0.678. The first-order valence-corrected chi connectivity index (χ1v) is 5.67. The first-order chi connectivity index (χ1) is 8.06. The second kappa shape index (κ2) is 4.77. The highest BCUT2D eigenvalue weighted by Crippen LogP contribution is 2.07. The van der Waals surface area contributed by atoms with E-state index in [9.17, 15) is 4.79 Å². The molecule has 1 aromatic rings. The van der Waals surface area contributed by atoms with Gasteiger partial charge in [-0.2, -0.15) is 0 Å². The van der Waals surface area contributed by atoms with Crippen LogP contribution < -0.4 is 5.84 Å². The van der Waals surface area contributed by atoms with E-state index in [1.807, 2.05) is 6.92 Å². The van der Waals surface area contributed by atoms with Crippen molar-refractivity contribution in [1.29, 1.82) is 0 Å². The number of nitrogens with zero attached hydrogens (tertiary/aromatic N) is 4. The van der Waals surface area contributed by atoms with Crippen molar-refractivity contribution in [2.75, 3.05) is 26.2 Å². The van der Waals surface area contributed by atoms with Crippen LogP contribution in [0, 0.1) is 13.8 Å². The summed E-state index contributed by atoms with van der Waals surface area (Å²) in [6, 6.07) is 1.73. The predicted octanol–water partition coefficient (Wildman–Crippen LogP) is -0.275. The van der Waals surface area contributed by atoms with Crippen molar-refractivity contribution in [2.45, 2.75) is 13.8 Å². The third-order valence-electron chi connectivity index (χ3n) is 2.79. The van der Waals surface area contributed by atoms with Crippen LogP contribution in [-0.2, 0) is 0 Å². The van der Waals surface area contributed by atoms with Crippen LogP contribution in [-0.4, -0.2) is 52.0 Å². The molecule has 2 N–H and O–H groups in total. The molecule has 0 radical (unpaired) electrons. The zero-order chi connectivity index (χ0) is 12.4. The van der Waals surface area contributed by atoms with E-state index in [1.165, 1.54) is 0 Å². The van der Waals surface area contributed by atoms with E-state index in [0.29, 0.717) is 37.7 Å². The summed E-state index contributed by atoms with van der Waals surface area (Å²) >= 11 is 0. The highest BCUT2D eigenvalue weighted by Gasteiger charge is 2.21. The van der Waals surface area contributed by atoms with Gasteiger partial charge in [0.1, 0.15) is 11.5 Å². The number of carbonyl (C=O) groups is 1. The van der Waals surface area contributed by atoms with E-state index >= 15 is 0 Å². The molecule has 0 bridgehead atoms. The Hall–Kier alpha value is -1.53. The summed E-state index contributed by atoms with van der Waals surface area (Å²) in [4.78, 5) is 22.3. The summed E-state index contributed by atoms with van der Waals surface area (Å²) in [6.45, 7) is 6.36. The molecule has 2 heterocycles. The zero-order valence-electron chi connectivity index (χ0n) is 10.2. The molecule has 1 aliphatic rings. The van der Waals surface area contributed by atoms with Gasteiger partial charge < -0.3 is 4.90 Å². The summed E-state index contributed by atoms with van der Waals surface area (Å²) in [5.41, 5.74) is 1.29. The third-order valence-corrected chi connectivity index (χ3v) is 2.79. The highest BCUT2D eigenvalue weighted by molar-refractivity contribution is 5.92. The van der Waals surface area contributed by atoms with E-state index in [0.717, 1.165) is 5.69 Å². The zero-order valence-corrected chi connectivity index (χ0v) is 10.2. The van der Waals surface area contributed by atoms with Crippen LogP contribution in [0.2, 0.25) is 0 Å². The molecule has 1 fully saturated rings. The molecule has 0 unspecified atom stereocenters. The number of carbonyl (C=O) groups excluding carboxylic acids is 1. The lowest BCUT2D eigenvalue weighted by Gasteiger charge is -2.31. The van der Waals surface area contributed by atoms with E-state index in [2.05, 4.69) is 9.97 Å². The summed E-state index contributed by atoms with van der Waals surface area (Å²) in [6.07, 6.45) is 0. The number of hydrazine groups is 1. The highest BCUT2D eigenvalue weighted by atomic mass is 16.2. The normalized spacial score (nSPS) is 17.2. The smallest absolute Gasteiger partial charge is 0.272 e. The fourth-order valence-corrected chi connectivity index (χ4v) is 1.91. The van der Waals surface area contributed by atoms with Gasteiger partial charge in [0.25, 0.3) is 5.91 Å². The van der Waals surface area contributed by atoms with Crippen LogP contribution in [0.15, 0.2) is 6.07 Å². The second-order valence-corrected chi connectivity index (χ2v) is 4.27. The molecule has 2 rings (SSSR count). The average Bonchev–Trinajstić information content (AvgIpc) is 2.28. The first-order valence-electron chi connectivity index (χ1n) is 5.67. The van der Waals surface area contributed by atoms with Crippen molar-refractivity contribution in [3.63, 3.8) is 0 Å². The SMILES string of the molecule is Cc1cc(C(=O)N2CCN(N)CC2)nc(C)n1. The lowest BCUT2D eigenvalue weighted by molar-refractivity contribution is 0.0631. The summed E-state index contributed by atoms with van der Waals surface area (Å²) in [7, 11) is 0. The Bertz CT molecular complexity index is 406. The number of aryl methyl sites for hydroxylation is 2. The first kappa shape index (κ1) is 11.9. The molecular weight excluding hydrogens is 218 g/mol. The minimum atomic E-state index is -0.0355. The van der Waals surface area contributed by atoms with E-state index in [4.69, 9.17) is 5.84 Å². The van der Waals surface area contributed by atoms with Gasteiger partial charge in [0, 0.05) is 31.9 Å². The van der Waals surface area contributed by atoms with Crippen molar-refractivity contribution in [3.05, 3.63) is 23.3 Å². The topological polar surface area (TPSA) is 75.4 Å². The van der Waals surface area contributed by atoms with Gasteiger partial charge >= 0.3 is 0 Å². The van der Waals surface area contributed by atoms with Crippen molar-refractivity contribution in [2.24, 2.45) is 5.84 Å². The Balaban J connectivity index is 2.14. The second-order valence-electron chi connectivity index (χ2n) is 4.27. The predicted molar refractivity (Wildman–Crippen MR) is 63.2 cm³/mol. The number of piperazine rings is 1. The lowest BCUT2D eigenvalue weighted by atomic mass is 10.2. The molecule has 0 atom stereocenters. The van der Waals surface area contributed by atoms with Gasteiger partial charge in [0.2, 0.25) is 0 Å². The molecule has 1 aliphatic heterocycles. The molecular formula is C11H17N5O. The van der Waals surface area contributed by atoms with Crippen molar-refractivity contribution in [1.82, 2.24) is 19.9 Å². The van der Waals surface area contributed by atoms with Gasteiger partial charge in [-0.25, -0.2) is 15.0 Å². The third kappa shape index (κ3) is 2.78. The molecule has 0 aliphatic carbocycles. The number of hydrogen-bond donors (Lipinski definition) is 1. The van der Waals surface area contributed by atoms with Gasteiger partial charge in [0.15, 0.2) is 0 Å². The maximum absolute atomic E-state index is 12.2. The molecule has 1 saturated heterocycles. The maximum atomic E-state index is 12.2. The molecule has 17 heavy (non-hydrogen) atoms. The summed E-state index contributed by atoms with van der Waals surface area (Å²) < 4.78 is 0. The van der Waals surface area contributed by atoms with Crippen LogP contribution in [0.25, 0.3) is 0 Å². The van der Waals surface area contributed by atoms with Crippen molar-refractivity contribution in [3.8, 4) is 0 Å². The van der Waals surface area contributed by atoms with Crippen molar-refractivity contribution >= 4 is 5.91 Å². The Labute approximate surface area is 100 Å². The van der Waals surface area contributed by atoms with Crippen LogP contribution >= 0.6 is 0 Å². The Morgan fingerprint density at radius 2 is 1.88 bits per heavy atom. The monoisotopic (exact) mass is 235 g/mol. The minimum absolute atomic E-state index is 0.0355. The maximum Gasteiger partial charge on any atom is 0.272 e. The molecule has 92 valence electrons. The molecule has 0 saturated carbocycles. The standard InChI is InChI=1S/C11H17N5O/c1-8-7-10(14-9(2)13-8)11(17)15-3-5-16(12)6-4-15/h7H,3-6,12H2,1-2H3. The number of hydrogen-bond acceptors (Lipinski definition) is 5. The Morgan fingerprint density at radius 1 is 1.24 bits per heavy atom. The summed E-state index contributed by atoms with van der Waals surface area (Å²) in [5, 5.41) is 1.72. The fraction of sp³-hybridized carbons (Fsp3) is 0.545. The van der Waals surface area contributed by atoms with Gasteiger partial charge in [0.05, 0.1) is 0 Å². The number of nitrogens with two attached hydrogens (primary N) is 1. The molecule has 0 spiro atoms. The van der Waals surface area contributed by atoms with Crippen LogP contribution in [0.1, 0.15) is 22.0 Å². The van der Waals surface area contributed by atoms with E-state index < -0.39 is 0 Å². The molecule has 0 aromatic carbocycles. The van der Waals surface area contributed by atoms with Gasteiger partial charge in [-0.15, -0.1) is 0 Å². The van der Waals surface area contributed by atoms with Gasteiger partial charge in [-0.05, 0) is 19.9 Å². The molecule has 6 nitrogen and oxygen atoms in total. The average molecular weight is 235 g/mol. The minimum Gasteiger partial charge on any atom is -0.335 e. The van der Waals surface area contributed by atoms with Crippen LogP contribution in [0.4, 0.5) is 0 Å². The molecule has 6 heteroatoms. The van der Waals surface area contributed by atoms with Crippen LogP contribution in [0.5, 0.6) is 0 Å². The molecule has 1 amide bonds. The number of aromatic nitrogens is 2. The van der Waals surface area contributed by atoms with E-state index in [1.54, 1.807) is 22.9 Å².